The molecule has 0 unspecified atom stereocenters. The first-order valence-corrected chi connectivity index (χ1v) is 11.3. The van der Waals surface area contributed by atoms with E-state index in [-0.39, 0.29) is 30.9 Å². The van der Waals surface area contributed by atoms with E-state index in [0.29, 0.717) is 30.3 Å². The predicted molar refractivity (Wildman–Crippen MR) is 123 cm³/mol. The van der Waals surface area contributed by atoms with Crippen LogP contribution in [0.3, 0.4) is 0 Å². The van der Waals surface area contributed by atoms with E-state index in [9.17, 15) is 14.3 Å². The highest BCUT2D eigenvalue weighted by molar-refractivity contribution is 7.22. The van der Waals surface area contributed by atoms with E-state index in [1.165, 1.54) is 23.6 Å². The van der Waals surface area contributed by atoms with Crippen LogP contribution < -0.4 is 10.2 Å². The van der Waals surface area contributed by atoms with Gasteiger partial charge in [-0.05, 0) is 43.2 Å². The second kappa shape index (κ2) is 9.35. The summed E-state index contributed by atoms with van der Waals surface area (Å²) in [5, 5.41) is 21.9. The number of urea groups is 1. The van der Waals surface area contributed by atoms with Crippen molar-refractivity contribution >= 4 is 38.5 Å². The zero-order valence-corrected chi connectivity index (χ0v) is 18.8. The normalized spacial score (nSPS) is 17.6. The topological polar surface area (TPSA) is 102 Å². The Labute approximate surface area is 189 Å². The molecule has 2 atom stereocenters. The van der Waals surface area contributed by atoms with E-state index < -0.39 is 11.9 Å². The average molecular weight is 460 g/mol. The van der Waals surface area contributed by atoms with Gasteiger partial charge >= 0.3 is 6.03 Å². The summed E-state index contributed by atoms with van der Waals surface area (Å²) in [4.78, 5) is 25.0. The van der Waals surface area contributed by atoms with E-state index in [4.69, 9.17) is 5.11 Å². The van der Waals surface area contributed by atoms with Crippen molar-refractivity contribution in [2.24, 2.45) is 0 Å². The number of hydrogen-bond donors (Lipinski definition) is 3. The van der Waals surface area contributed by atoms with Crippen molar-refractivity contribution in [3.63, 3.8) is 0 Å². The molecule has 32 heavy (non-hydrogen) atoms. The number of benzene rings is 1. The van der Waals surface area contributed by atoms with Gasteiger partial charge < -0.3 is 20.0 Å². The monoisotopic (exact) mass is 459 g/mol. The number of piperazine rings is 1. The SMILES string of the molecule is Cc1ccc2nc(NC(=O)N3CCN(c4ncc(C[C@H](O)CO)cc4F)[C@@H](C)C3)sc2c1. The van der Waals surface area contributed by atoms with E-state index in [0.717, 1.165) is 15.8 Å². The number of carbonyl (C=O) groups excluding carboxylic acids is 1. The number of pyridine rings is 1. The van der Waals surface area contributed by atoms with E-state index >= 15 is 0 Å². The molecular weight excluding hydrogens is 433 g/mol. The number of rotatable bonds is 5. The van der Waals surface area contributed by atoms with Crippen molar-refractivity contribution in [2.75, 3.05) is 36.5 Å². The number of thiazole rings is 1. The molecule has 0 spiro atoms. The fraction of sp³-hybridized carbons (Fsp3) is 0.409. The second-order valence-electron chi connectivity index (χ2n) is 8.10. The third-order valence-electron chi connectivity index (χ3n) is 5.51. The third-order valence-corrected chi connectivity index (χ3v) is 6.44. The molecule has 1 aliphatic heterocycles. The Kier molecular flexibility index (Phi) is 6.54. The van der Waals surface area contributed by atoms with Crippen molar-refractivity contribution in [1.82, 2.24) is 14.9 Å². The van der Waals surface area contributed by atoms with Gasteiger partial charge in [0.25, 0.3) is 0 Å². The molecule has 1 aromatic carbocycles. The molecule has 0 radical (unpaired) electrons. The van der Waals surface area contributed by atoms with Crippen molar-refractivity contribution in [2.45, 2.75) is 32.4 Å². The number of anilines is 2. The third kappa shape index (κ3) is 4.82. The number of nitrogens with zero attached hydrogens (tertiary/aromatic N) is 4. The van der Waals surface area contributed by atoms with Gasteiger partial charge in [-0.1, -0.05) is 17.4 Å². The molecule has 0 bridgehead atoms. The fourth-order valence-corrected chi connectivity index (χ4v) is 4.80. The van der Waals surface area contributed by atoms with Crippen LogP contribution >= 0.6 is 11.3 Å². The number of aromatic nitrogens is 2. The van der Waals surface area contributed by atoms with Crippen molar-refractivity contribution < 1.29 is 19.4 Å². The number of amides is 2. The van der Waals surface area contributed by atoms with E-state index in [2.05, 4.69) is 15.3 Å². The van der Waals surface area contributed by atoms with Gasteiger partial charge in [0.2, 0.25) is 0 Å². The lowest BCUT2D eigenvalue weighted by molar-refractivity contribution is 0.0954. The Morgan fingerprint density at radius 3 is 2.91 bits per heavy atom. The Bertz CT molecular complexity index is 1120. The zero-order chi connectivity index (χ0) is 22.8. The summed E-state index contributed by atoms with van der Waals surface area (Å²) in [7, 11) is 0. The van der Waals surface area contributed by atoms with Gasteiger partial charge in [-0.15, -0.1) is 0 Å². The van der Waals surface area contributed by atoms with Gasteiger partial charge in [-0.25, -0.2) is 19.2 Å². The summed E-state index contributed by atoms with van der Waals surface area (Å²) in [6.45, 7) is 4.83. The molecule has 170 valence electrons. The molecule has 2 amide bonds. The maximum atomic E-state index is 14.7. The largest absolute Gasteiger partial charge is 0.394 e. The van der Waals surface area contributed by atoms with Crippen LogP contribution in [-0.4, -0.2) is 69.5 Å². The van der Waals surface area contributed by atoms with Gasteiger partial charge in [-0.3, -0.25) is 5.32 Å². The first-order chi connectivity index (χ1) is 15.3. The van der Waals surface area contributed by atoms with Crippen molar-refractivity contribution in [3.05, 3.63) is 47.4 Å². The molecule has 1 aliphatic rings. The van der Waals surface area contributed by atoms with Gasteiger partial charge in [0.15, 0.2) is 16.8 Å². The molecular formula is C22H26FN5O3S. The fourth-order valence-electron chi connectivity index (χ4n) is 3.84. The average Bonchev–Trinajstić information content (AvgIpc) is 3.15. The minimum Gasteiger partial charge on any atom is -0.394 e. The lowest BCUT2D eigenvalue weighted by Crippen LogP contribution is -2.55. The molecule has 0 saturated carbocycles. The lowest BCUT2D eigenvalue weighted by Gasteiger charge is -2.40. The number of aryl methyl sites for hydroxylation is 1. The van der Waals surface area contributed by atoms with Crippen molar-refractivity contribution in [1.29, 1.82) is 0 Å². The lowest BCUT2D eigenvalue weighted by atomic mass is 10.1. The van der Waals surface area contributed by atoms with Gasteiger partial charge in [-0.2, -0.15) is 0 Å². The highest BCUT2D eigenvalue weighted by atomic mass is 32.1. The number of nitrogens with one attached hydrogen (secondary N) is 1. The quantitative estimate of drug-likeness (QED) is 0.542. The number of halogens is 1. The van der Waals surface area contributed by atoms with Gasteiger partial charge in [0.05, 0.1) is 22.9 Å². The molecule has 8 nitrogen and oxygen atoms in total. The number of aliphatic hydroxyl groups excluding tert-OH is 2. The molecule has 3 N–H and O–H groups in total. The summed E-state index contributed by atoms with van der Waals surface area (Å²) in [5.41, 5.74) is 2.51. The van der Waals surface area contributed by atoms with Crippen LogP contribution in [-0.2, 0) is 6.42 Å². The van der Waals surface area contributed by atoms with Gasteiger partial charge in [0.1, 0.15) is 0 Å². The molecule has 1 fully saturated rings. The van der Waals surface area contributed by atoms with Gasteiger partial charge in [0, 0.05) is 38.3 Å². The molecule has 0 aliphatic carbocycles. The smallest absolute Gasteiger partial charge is 0.323 e. The number of carbonyl (C=O) groups is 1. The summed E-state index contributed by atoms with van der Waals surface area (Å²) < 4.78 is 15.7. The van der Waals surface area contributed by atoms with E-state index in [1.807, 2.05) is 36.9 Å². The summed E-state index contributed by atoms with van der Waals surface area (Å²) in [6, 6.07) is 6.94. The summed E-state index contributed by atoms with van der Waals surface area (Å²) in [5.74, 6) is -0.261. The van der Waals surface area contributed by atoms with Crippen LogP contribution in [0.2, 0.25) is 0 Å². The Morgan fingerprint density at radius 1 is 1.38 bits per heavy atom. The highest BCUT2D eigenvalue weighted by Gasteiger charge is 2.29. The predicted octanol–water partition coefficient (Wildman–Crippen LogP) is 2.78. The number of aliphatic hydroxyl groups is 2. The molecule has 4 rings (SSSR count). The van der Waals surface area contributed by atoms with Crippen LogP contribution in [0.1, 0.15) is 18.1 Å². The first kappa shape index (κ1) is 22.4. The number of fused-ring (bicyclic) bond motifs is 1. The van der Waals surface area contributed by atoms with Crippen molar-refractivity contribution in [3.8, 4) is 0 Å². The standard InChI is InChI=1S/C22H26FN5O3S/c1-13-3-4-18-19(7-13)32-21(25-18)26-22(31)27-5-6-28(14(2)11-27)20-17(23)9-15(10-24-20)8-16(30)12-29/h3-4,7,9-10,14,16,29-30H,5-6,8,11-12H2,1-2H3,(H,25,26,31)/t14-,16-/m0/s1. The molecule has 3 aromatic rings. The highest BCUT2D eigenvalue weighted by Crippen LogP contribution is 2.27. The summed E-state index contributed by atoms with van der Waals surface area (Å²) in [6.07, 6.45) is 0.704. The first-order valence-electron chi connectivity index (χ1n) is 10.5. The van der Waals surface area contributed by atoms with Crippen LogP contribution in [0.4, 0.5) is 20.1 Å². The second-order valence-corrected chi connectivity index (χ2v) is 9.13. The van der Waals surface area contributed by atoms with E-state index in [1.54, 1.807) is 4.90 Å². The molecule has 3 heterocycles. The maximum absolute atomic E-state index is 14.7. The Morgan fingerprint density at radius 2 is 2.19 bits per heavy atom. The summed E-state index contributed by atoms with van der Waals surface area (Å²) >= 11 is 1.44. The minimum absolute atomic E-state index is 0.134. The minimum atomic E-state index is -0.942. The maximum Gasteiger partial charge on any atom is 0.323 e. The van der Waals surface area contributed by atoms with Crippen LogP contribution in [0.15, 0.2) is 30.5 Å². The van der Waals surface area contributed by atoms with Crippen LogP contribution in [0.5, 0.6) is 0 Å². The van der Waals surface area contributed by atoms with Crippen LogP contribution in [0, 0.1) is 12.7 Å². The molecule has 2 aromatic heterocycles. The Hall–Kier alpha value is -2.82. The molecule has 1 saturated heterocycles. The molecule has 10 heteroatoms. The zero-order valence-electron chi connectivity index (χ0n) is 18.0. The van der Waals surface area contributed by atoms with Crippen LogP contribution in [0.25, 0.3) is 10.2 Å². The Balaban J connectivity index is 1.39. The number of hydrogen-bond acceptors (Lipinski definition) is 7.